The summed E-state index contributed by atoms with van der Waals surface area (Å²) in [6, 6.07) is 4.92. The van der Waals surface area contributed by atoms with Gasteiger partial charge in [0, 0.05) is 5.56 Å². The van der Waals surface area contributed by atoms with Gasteiger partial charge < -0.3 is 4.74 Å². The molecule has 0 N–H and O–H groups in total. The predicted octanol–water partition coefficient (Wildman–Crippen LogP) is 2.60. The number of amides is 2. The zero-order valence-electron chi connectivity index (χ0n) is 13.7. The van der Waals surface area contributed by atoms with E-state index in [1.807, 2.05) is 6.92 Å². The van der Waals surface area contributed by atoms with Crippen LogP contribution in [0.5, 0.6) is 5.75 Å². The quantitative estimate of drug-likeness (QED) is 0.485. The smallest absolute Gasteiger partial charge is 0.238 e. The third-order valence-electron chi connectivity index (χ3n) is 5.38. The molecule has 0 aromatic heterocycles. The molecule has 2 fully saturated rings. The highest BCUT2D eigenvalue weighted by atomic mass is 16.5. The van der Waals surface area contributed by atoms with Crippen molar-refractivity contribution < 1.29 is 19.1 Å². The molecule has 0 spiro atoms. The van der Waals surface area contributed by atoms with Crippen molar-refractivity contribution in [3.8, 4) is 5.75 Å². The minimum atomic E-state index is -0.261. The third kappa shape index (κ3) is 1.97. The van der Waals surface area contributed by atoms with Crippen molar-refractivity contribution in [3.63, 3.8) is 0 Å². The standard InChI is InChI=1S/C19H19NO4/c1-3-24-15-7-6-11(10(2)21)9-14(15)20-18(22)16-12-4-5-13(8-12)17(16)19(20)23/h4-7,9,12-13,16-17H,3,8H2,1-2H3/t12-,13-,16-,17-/m0/s1. The Morgan fingerprint density at radius 1 is 1.17 bits per heavy atom. The fourth-order valence-electron chi connectivity index (χ4n) is 4.33. The van der Waals surface area contributed by atoms with Crippen LogP contribution in [0.15, 0.2) is 30.4 Å². The maximum Gasteiger partial charge on any atom is 0.238 e. The molecule has 5 heteroatoms. The molecule has 2 bridgehead atoms. The molecule has 4 atom stereocenters. The van der Waals surface area contributed by atoms with Crippen LogP contribution in [0.25, 0.3) is 0 Å². The highest BCUT2D eigenvalue weighted by molar-refractivity contribution is 6.23. The molecule has 0 unspecified atom stereocenters. The summed E-state index contributed by atoms with van der Waals surface area (Å²) >= 11 is 0. The maximum atomic E-state index is 13.0. The average Bonchev–Trinajstić information content (AvgIpc) is 3.22. The van der Waals surface area contributed by atoms with Gasteiger partial charge in [0.15, 0.2) is 5.78 Å². The predicted molar refractivity (Wildman–Crippen MR) is 87.8 cm³/mol. The van der Waals surface area contributed by atoms with Crippen LogP contribution >= 0.6 is 0 Å². The first-order valence-electron chi connectivity index (χ1n) is 8.36. The summed E-state index contributed by atoms with van der Waals surface area (Å²) in [6.45, 7) is 3.73. The average molecular weight is 325 g/mol. The van der Waals surface area contributed by atoms with Gasteiger partial charge in [-0.2, -0.15) is 0 Å². The van der Waals surface area contributed by atoms with E-state index in [4.69, 9.17) is 4.74 Å². The zero-order chi connectivity index (χ0) is 17.0. The number of rotatable bonds is 4. The van der Waals surface area contributed by atoms with Crippen LogP contribution in [-0.2, 0) is 9.59 Å². The normalized spacial score (nSPS) is 30.2. The van der Waals surface area contributed by atoms with E-state index in [0.29, 0.717) is 23.6 Å². The highest BCUT2D eigenvalue weighted by Gasteiger charge is 2.59. The Bertz CT molecular complexity index is 752. The lowest BCUT2D eigenvalue weighted by atomic mass is 9.85. The van der Waals surface area contributed by atoms with E-state index < -0.39 is 0 Å². The molecular weight excluding hydrogens is 306 g/mol. The van der Waals surface area contributed by atoms with Gasteiger partial charge in [-0.25, -0.2) is 4.90 Å². The summed E-state index contributed by atoms with van der Waals surface area (Å²) in [4.78, 5) is 38.9. The molecule has 124 valence electrons. The fraction of sp³-hybridized carbons (Fsp3) is 0.421. The van der Waals surface area contributed by atoms with Crippen molar-refractivity contribution in [1.29, 1.82) is 0 Å². The Balaban J connectivity index is 1.78. The number of fused-ring (bicyclic) bond motifs is 5. The number of carbonyl (C=O) groups is 3. The zero-order valence-corrected chi connectivity index (χ0v) is 13.7. The van der Waals surface area contributed by atoms with Crippen molar-refractivity contribution >= 4 is 23.3 Å². The monoisotopic (exact) mass is 325 g/mol. The molecule has 4 rings (SSSR count). The van der Waals surface area contributed by atoms with E-state index in [9.17, 15) is 14.4 Å². The van der Waals surface area contributed by atoms with Crippen molar-refractivity contribution in [2.75, 3.05) is 11.5 Å². The van der Waals surface area contributed by atoms with E-state index >= 15 is 0 Å². The van der Waals surface area contributed by atoms with E-state index in [0.717, 1.165) is 6.42 Å². The number of anilines is 1. The van der Waals surface area contributed by atoms with Crippen molar-refractivity contribution in [1.82, 2.24) is 0 Å². The van der Waals surface area contributed by atoms with Crippen LogP contribution in [0.4, 0.5) is 5.69 Å². The number of Topliss-reactive ketones (excluding diaryl/α,β-unsaturated/α-hetero) is 1. The van der Waals surface area contributed by atoms with E-state index in [-0.39, 0.29) is 41.3 Å². The van der Waals surface area contributed by atoms with Crippen LogP contribution in [0.1, 0.15) is 30.6 Å². The van der Waals surface area contributed by atoms with Crippen LogP contribution in [0, 0.1) is 23.7 Å². The second-order valence-corrected chi connectivity index (χ2v) is 6.68. The van der Waals surface area contributed by atoms with Gasteiger partial charge in [0.1, 0.15) is 5.75 Å². The number of ketones is 1. The molecule has 24 heavy (non-hydrogen) atoms. The summed E-state index contributed by atoms with van der Waals surface area (Å²) in [7, 11) is 0. The minimum Gasteiger partial charge on any atom is -0.492 e. The number of hydrogen-bond acceptors (Lipinski definition) is 4. The Hall–Kier alpha value is -2.43. The van der Waals surface area contributed by atoms with Crippen molar-refractivity contribution in [3.05, 3.63) is 35.9 Å². The van der Waals surface area contributed by atoms with E-state index in [1.165, 1.54) is 11.8 Å². The maximum absolute atomic E-state index is 13.0. The molecular formula is C19H19NO4. The lowest BCUT2D eigenvalue weighted by molar-refractivity contribution is -0.123. The van der Waals surface area contributed by atoms with Gasteiger partial charge in [-0.1, -0.05) is 12.2 Å². The first-order valence-corrected chi connectivity index (χ1v) is 8.36. The molecule has 1 saturated heterocycles. The minimum absolute atomic E-state index is 0.111. The number of ether oxygens (including phenoxy) is 1. The molecule has 5 nitrogen and oxygen atoms in total. The summed E-state index contributed by atoms with van der Waals surface area (Å²) in [6.07, 6.45) is 5.03. The lowest BCUT2D eigenvalue weighted by Gasteiger charge is -2.21. The molecule has 1 aromatic carbocycles. The molecule has 2 aliphatic carbocycles. The van der Waals surface area contributed by atoms with Gasteiger partial charge in [0.05, 0.1) is 24.1 Å². The Kier molecular flexibility index (Phi) is 3.34. The number of benzene rings is 1. The number of imide groups is 1. The number of nitrogens with zero attached hydrogens (tertiary/aromatic N) is 1. The van der Waals surface area contributed by atoms with Gasteiger partial charge in [-0.15, -0.1) is 0 Å². The van der Waals surface area contributed by atoms with Crippen molar-refractivity contribution in [2.45, 2.75) is 20.3 Å². The van der Waals surface area contributed by atoms with E-state index in [1.54, 1.807) is 18.2 Å². The van der Waals surface area contributed by atoms with Gasteiger partial charge in [-0.05, 0) is 50.3 Å². The Labute approximate surface area is 140 Å². The van der Waals surface area contributed by atoms with Gasteiger partial charge >= 0.3 is 0 Å². The summed E-state index contributed by atoms with van der Waals surface area (Å²) < 4.78 is 5.60. The molecule has 2 amide bonds. The largest absolute Gasteiger partial charge is 0.492 e. The molecule has 1 aromatic rings. The summed E-state index contributed by atoms with van der Waals surface area (Å²) in [5.74, 6) is -0.177. The van der Waals surface area contributed by atoms with Gasteiger partial charge in [0.2, 0.25) is 11.8 Å². The molecule has 1 heterocycles. The van der Waals surface area contributed by atoms with Crippen LogP contribution in [0.2, 0.25) is 0 Å². The second kappa shape index (κ2) is 5.30. The Morgan fingerprint density at radius 3 is 2.33 bits per heavy atom. The van der Waals surface area contributed by atoms with Gasteiger partial charge in [0.25, 0.3) is 0 Å². The third-order valence-corrected chi connectivity index (χ3v) is 5.38. The molecule has 0 radical (unpaired) electrons. The Morgan fingerprint density at radius 2 is 1.79 bits per heavy atom. The van der Waals surface area contributed by atoms with E-state index in [2.05, 4.69) is 12.2 Å². The SMILES string of the molecule is CCOc1ccc(C(C)=O)cc1N1C(=O)[C@@H]2[C@@H](C1=O)[C@H]1C=C[C@H]2C1. The number of allylic oxidation sites excluding steroid dienone is 2. The molecule has 3 aliphatic rings. The first kappa shape index (κ1) is 15.1. The molecule has 1 saturated carbocycles. The summed E-state index contributed by atoms with van der Waals surface area (Å²) in [5.41, 5.74) is 0.862. The second-order valence-electron chi connectivity index (χ2n) is 6.68. The van der Waals surface area contributed by atoms with Gasteiger partial charge in [-0.3, -0.25) is 14.4 Å². The first-order chi connectivity index (χ1) is 11.5. The summed E-state index contributed by atoms with van der Waals surface area (Å²) in [5, 5.41) is 0. The number of carbonyl (C=O) groups excluding carboxylic acids is 3. The van der Waals surface area contributed by atoms with Crippen LogP contribution in [-0.4, -0.2) is 24.2 Å². The van der Waals surface area contributed by atoms with Crippen LogP contribution in [0.3, 0.4) is 0 Å². The highest BCUT2D eigenvalue weighted by Crippen LogP contribution is 2.53. The topological polar surface area (TPSA) is 63.7 Å². The van der Waals surface area contributed by atoms with Crippen LogP contribution < -0.4 is 9.64 Å². The lowest BCUT2D eigenvalue weighted by Crippen LogP contribution is -2.33. The fourth-order valence-corrected chi connectivity index (χ4v) is 4.33. The number of hydrogen-bond donors (Lipinski definition) is 0. The molecule has 1 aliphatic heterocycles. The van der Waals surface area contributed by atoms with Crippen molar-refractivity contribution in [2.24, 2.45) is 23.7 Å².